The van der Waals surface area contributed by atoms with Gasteiger partial charge in [-0.3, -0.25) is 19.3 Å². The van der Waals surface area contributed by atoms with E-state index in [1.54, 1.807) is 0 Å². The smallest absolute Gasteiger partial charge is 0.240 e. The number of nitrogens with zero attached hydrogens (tertiary/aromatic N) is 1. The number of likely N-dealkylation sites (tertiary alicyclic amines) is 1. The van der Waals surface area contributed by atoms with Crippen molar-refractivity contribution >= 4 is 17.7 Å². The van der Waals surface area contributed by atoms with Crippen LogP contribution < -0.4 is 5.32 Å². The number of amides is 3. The third-order valence-electron chi connectivity index (χ3n) is 3.18. The van der Waals surface area contributed by atoms with E-state index in [-0.39, 0.29) is 43.1 Å². The standard InChI is InChI=1S/C11H16N2O3/c14-9(12-8-3-1-2-4-8)7-13-10(15)5-6-11(13)16/h8H,1-7H2,(H,12,14). The number of hydrogen-bond donors (Lipinski definition) is 1. The molecule has 1 heterocycles. The molecule has 0 unspecified atom stereocenters. The minimum Gasteiger partial charge on any atom is -0.352 e. The Morgan fingerprint density at radius 3 is 2.31 bits per heavy atom. The van der Waals surface area contributed by atoms with Gasteiger partial charge in [-0.25, -0.2) is 0 Å². The average Bonchev–Trinajstić information content (AvgIpc) is 2.83. The SMILES string of the molecule is O=C(CN1C(=O)CCC1=O)NC1CCCC1. The molecule has 1 aliphatic carbocycles. The molecule has 0 aromatic rings. The van der Waals surface area contributed by atoms with Crippen LogP contribution >= 0.6 is 0 Å². The van der Waals surface area contributed by atoms with Crippen LogP contribution in [0.15, 0.2) is 0 Å². The third-order valence-corrected chi connectivity index (χ3v) is 3.18. The van der Waals surface area contributed by atoms with Crippen molar-refractivity contribution in [2.24, 2.45) is 0 Å². The molecule has 2 aliphatic rings. The Hall–Kier alpha value is -1.39. The number of carbonyl (C=O) groups excluding carboxylic acids is 3. The Bertz CT molecular complexity index is 305. The molecule has 1 N–H and O–H groups in total. The molecule has 0 aromatic carbocycles. The predicted octanol–water partition coefficient (Wildman–Crippen LogP) is 0.194. The third kappa shape index (κ3) is 2.40. The largest absolute Gasteiger partial charge is 0.352 e. The Kier molecular flexibility index (Phi) is 3.22. The van der Waals surface area contributed by atoms with Crippen molar-refractivity contribution in [1.29, 1.82) is 0 Å². The number of hydrogen-bond acceptors (Lipinski definition) is 3. The van der Waals surface area contributed by atoms with E-state index >= 15 is 0 Å². The molecule has 0 bridgehead atoms. The summed E-state index contributed by atoms with van der Waals surface area (Å²) in [5.74, 6) is -0.673. The van der Waals surface area contributed by atoms with Gasteiger partial charge in [-0.1, -0.05) is 12.8 Å². The lowest BCUT2D eigenvalue weighted by Crippen LogP contribution is -2.43. The first kappa shape index (κ1) is 11.1. The van der Waals surface area contributed by atoms with Gasteiger partial charge in [-0.05, 0) is 12.8 Å². The fourth-order valence-electron chi connectivity index (χ4n) is 2.29. The van der Waals surface area contributed by atoms with E-state index in [4.69, 9.17) is 0 Å². The Balaban J connectivity index is 1.82. The molecular formula is C11H16N2O3. The van der Waals surface area contributed by atoms with Crippen molar-refractivity contribution in [1.82, 2.24) is 10.2 Å². The zero-order chi connectivity index (χ0) is 11.5. The van der Waals surface area contributed by atoms with Crippen LogP contribution in [0.2, 0.25) is 0 Å². The van der Waals surface area contributed by atoms with Gasteiger partial charge >= 0.3 is 0 Å². The molecule has 16 heavy (non-hydrogen) atoms. The maximum Gasteiger partial charge on any atom is 0.240 e. The predicted molar refractivity (Wildman–Crippen MR) is 56.4 cm³/mol. The maximum absolute atomic E-state index is 11.6. The number of nitrogens with one attached hydrogen (secondary N) is 1. The topological polar surface area (TPSA) is 66.5 Å². The minimum atomic E-state index is -0.230. The summed E-state index contributed by atoms with van der Waals surface area (Å²) in [7, 11) is 0. The van der Waals surface area contributed by atoms with Gasteiger partial charge in [0.05, 0.1) is 0 Å². The molecule has 0 spiro atoms. The lowest BCUT2D eigenvalue weighted by Gasteiger charge is -2.16. The zero-order valence-electron chi connectivity index (χ0n) is 9.20. The van der Waals surface area contributed by atoms with Crippen molar-refractivity contribution in [3.8, 4) is 0 Å². The van der Waals surface area contributed by atoms with Gasteiger partial charge in [0.2, 0.25) is 17.7 Å². The molecule has 88 valence electrons. The van der Waals surface area contributed by atoms with E-state index in [0.717, 1.165) is 30.6 Å². The first-order valence-corrected chi connectivity index (χ1v) is 5.79. The molecule has 0 aromatic heterocycles. The highest BCUT2D eigenvalue weighted by Gasteiger charge is 2.31. The molecule has 0 atom stereocenters. The van der Waals surface area contributed by atoms with Crippen LogP contribution in [0.25, 0.3) is 0 Å². The molecule has 2 rings (SSSR count). The summed E-state index contributed by atoms with van der Waals surface area (Å²) in [4.78, 5) is 35.2. The van der Waals surface area contributed by atoms with Crippen LogP contribution in [-0.4, -0.2) is 35.2 Å². The summed E-state index contributed by atoms with van der Waals surface area (Å²) in [6.07, 6.45) is 4.80. The quantitative estimate of drug-likeness (QED) is 0.696. The molecular weight excluding hydrogens is 208 g/mol. The zero-order valence-corrected chi connectivity index (χ0v) is 9.20. The Morgan fingerprint density at radius 2 is 1.75 bits per heavy atom. The summed E-state index contributed by atoms with van der Waals surface area (Å²) in [6, 6.07) is 0.236. The fourth-order valence-corrected chi connectivity index (χ4v) is 2.29. The van der Waals surface area contributed by atoms with E-state index in [1.807, 2.05) is 0 Å². The number of imide groups is 1. The maximum atomic E-state index is 11.6. The van der Waals surface area contributed by atoms with E-state index in [0.29, 0.717) is 0 Å². The molecule has 1 aliphatic heterocycles. The van der Waals surface area contributed by atoms with Gasteiger partial charge in [0.25, 0.3) is 0 Å². The monoisotopic (exact) mass is 224 g/mol. The van der Waals surface area contributed by atoms with Crippen molar-refractivity contribution < 1.29 is 14.4 Å². The average molecular weight is 224 g/mol. The molecule has 3 amide bonds. The summed E-state index contributed by atoms with van der Waals surface area (Å²) >= 11 is 0. The summed E-state index contributed by atoms with van der Waals surface area (Å²) < 4.78 is 0. The highest BCUT2D eigenvalue weighted by molar-refractivity contribution is 6.04. The van der Waals surface area contributed by atoms with Crippen molar-refractivity contribution in [3.63, 3.8) is 0 Å². The van der Waals surface area contributed by atoms with Crippen LogP contribution in [0.4, 0.5) is 0 Å². The second-order valence-corrected chi connectivity index (χ2v) is 4.42. The van der Waals surface area contributed by atoms with Crippen LogP contribution in [0.3, 0.4) is 0 Å². The first-order chi connectivity index (χ1) is 7.66. The Labute approximate surface area is 94.2 Å². The van der Waals surface area contributed by atoms with Crippen molar-refractivity contribution in [3.05, 3.63) is 0 Å². The summed E-state index contributed by atoms with van der Waals surface area (Å²) in [5.41, 5.74) is 0. The van der Waals surface area contributed by atoms with Crippen LogP contribution in [0.1, 0.15) is 38.5 Å². The lowest BCUT2D eigenvalue weighted by molar-refractivity contribution is -0.142. The molecule has 0 radical (unpaired) electrons. The van der Waals surface area contributed by atoms with Crippen molar-refractivity contribution in [2.45, 2.75) is 44.6 Å². The van der Waals surface area contributed by atoms with E-state index in [2.05, 4.69) is 5.32 Å². The lowest BCUT2D eigenvalue weighted by atomic mass is 10.2. The fraction of sp³-hybridized carbons (Fsp3) is 0.727. The van der Waals surface area contributed by atoms with Gasteiger partial charge in [-0.15, -0.1) is 0 Å². The van der Waals surface area contributed by atoms with Crippen LogP contribution in [-0.2, 0) is 14.4 Å². The number of rotatable bonds is 3. The van der Waals surface area contributed by atoms with Gasteiger partial charge in [0.1, 0.15) is 6.54 Å². The molecule has 1 saturated heterocycles. The second kappa shape index (κ2) is 4.63. The van der Waals surface area contributed by atoms with Gasteiger partial charge in [-0.2, -0.15) is 0 Å². The van der Waals surface area contributed by atoms with Gasteiger partial charge < -0.3 is 5.32 Å². The first-order valence-electron chi connectivity index (χ1n) is 5.79. The molecule has 5 nitrogen and oxygen atoms in total. The van der Waals surface area contributed by atoms with Gasteiger partial charge in [0.15, 0.2) is 0 Å². The molecule has 2 fully saturated rings. The van der Waals surface area contributed by atoms with Crippen molar-refractivity contribution in [2.75, 3.05) is 6.54 Å². The normalized spacial score (nSPS) is 21.9. The van der Waals surface area contributed by atoms with E-state index in [9.17, 15) is 14.4 Å². The number of carbonyl (C=O) groups is 3. The highest BCUT2D eigenvalue weighted by atomic mass is 16.2. The molecule has 5 heteroatoms. The summed E-state index contributed by atoms with van der Waals surface area (Å²) in [5, 5.41) is 2.86. The van der Waals surface area contributed by atoms with E-state index in [1.165, 1.54) is 0 Å². The minimum absolute atomic E-state index is 0.103. The highest BCUT2D eigenvalue weighted by Crippen LogP contribution is 2.17. The van der Waals surface area contributed by atoms with Gasteiger partial charge in [0, 0.05) is 18.9 Å². The summed E-state index contributed by atoms with van der Waals surface area (Å²) in [6.45, 7) is -0.103. The van der Waals surface area contributed by atoms with Crippen LogP contribution in [0, 0.1) is 0 Å². The Morgan fingerprint density at radius 1 is 1.19 bits per heavy atom. The second-order valence-electron chi connectivity index (χ2n) is 4.42. The van der Waals surface area contributed by atoms with Crippen LogP contribution in [0.5, 0.6) is 0 Å². The molecule has 1 saturated carbocycles. The van der Waals surface area contributed by atoms with E-state index < -0.39 is 0 Å².